The fourth-order valence-corrected chi connectivity index (χ4v) is 1.91. The first kappa shape index (κ1) is 11.1. The average molecular weight is 219 g/mol. The van der Waals surface area contributed by atoms with Crippen molar-refractivity contribution in [2.75, 3.05) is 6.54 Å². The van der Waals surface area contributed by atoms with Crippen LogP contribution in [0.2, 0.25) is 0 Å². The lowest BCUT2D eigenvalue weighted by Crippen LogP contribution is -2.32. The van der Waals surface area contributed by atoms with Crippen LogP contribution in [0.4, 0.5) is 0 Å². The number of pyridine rings is 1. The topological polar surface area (TPSA) is 54.0 Å². The van der Waals surface area contributed by atoms with Gasteiger partial charge in [-0.1, -0.05) is 0 Å². The Hall–Kier alpha value is -1.42. The molecule has 0 aliphatic carbocycles. The first-order valence-corrected chi connectivity index (χ1v) is 5.73. The van der Waals surface area contributed by atoms with Crippen molar-refractivity contribution in [2.24, 2.45) is 0 Å². The van der Waals surface area contributed by atoms with Crippen LogP contribution >= 0.6 is 0 Å². The molecule has 0 bridgehead atoms. The monoisotopic (exact) mass is 219 g/mol. The Morgan fingerprint density at radius 3 is 3.06 bits per heavy atom. The normalized spacial score (nSPS) is 21.2. The molecule has 1 aliphatic rings. The van der Waals surface area contributed by atoms with E-state index in [1.807, 2.05) is 12.1 Å². The maximum atomic E-state index is 11.3. The van der Waals surface area contributed by atoms with E-state index in [0.29, 0.717) is 12.5 Å². The number of amides is 1. The van der Waals surface area contributed by atoms with Crippen molar-refractivity contribution in [2.45, 2.75) is 31.8 Å². The summed E-state index contributed by atoms with van der Waals surface area (Å²) in [5.74, 6) is 0.157. The second kappa shape index (κ2) is 5.61. The molecule has 0 radical (unpaired) electrons. The molecule has 0 aromatic carbocycles. The molecule has 1 amide bonds. The quantitative estimate of drug-likeness (QED) is 0.792. The van der Waals surface area contributed by atoms with E-state index >= 15 is 0 Å². The van der Waals surface area contributed by atoms with Gasteiger partial charge in [0, 0.05) is 37.9 Å². The minimum Gasteiger partial charge on any atom is -0.356 e. The minimum atomic E-state index is 0.157. The van der Waals surface area contributed by atoms with E-state index in [9.17, 15) is 4.79 Å². The fraction of sp³-hybridized carbons (Fsp3) is 0.500. The molecule has 1 fully saturated rings. The van der Waals surface area contributed by atoms with Crippen LogP contribution in [0.3, 0.4) is 0 Å². The molecule has 2 heterocycles. The Labute approximate surface area is 95.5 Å². The SMILES string of the molecule is O=C1CC(NCc2ccncc2)CCCN1. The van der Waals surface area contributed by atoms with Crippen molar-refractivity contribution in [3.8, 4) is 0 Å². The van der Waals surface area contributed by atoms with Crippen LogP contribution in [0, 0.1) is 0 Å². The van der Waals surface area contributed by atoms with Crippen molar-refractivity contribution in [3.63, 3.8) is 0 Å². The third kappa shape index (κ3) is 3.31. The van der Waals surface area contributed by atoms with E-state index in [2.05, 4.69) is 15.6 Å². The van der Waals surface area contributed by atoms with Crippen LogP contribution in [0.15, 0.2) is 24.5 Å². The molecule has 2 rings (SSSR count). The summed E-state index contributed by atoms with van der Waals surface area (Å²) in [7, 11) is 0. The molecule has 1 atom stereocenters. The van der Waals surface area contributed by atoms with E-state index in [1.165, 1.54) is 5.56 Å². The van der Waals surface area contributed by atoms with E-state index < -0.39 is 0 Å². The summed E-state index contributed by atoms with van der Waals surface area (Å²) in [4.78, 5) is 15.3. The summed E-state index contributed by atoms with van der Waals surface area (Å²) in [5, 5.41) is 6.30. The maximum Gasteiger partial charge on any atom is 0.221 e. The molecule has 16 heavy (non-hydrogen) atoms. The van der Waals surface area contributed by atoms with Gasteiger partial charge in [-0.15, -0.1) is 0 Å². The van der Waals surface area contributed by atoms with Crippen molar-refractivity contribution in [1.29, 1.82) is 0 Å². The molecule has 0 saturated carbocycles. The Kier molecular flexibility index (Phi) is 3.88. The van der Waals surface area contributed by atoms with Gasteiger partial charge in [0.05, 0.1) is 0 Å². The summed E-state index contributed by atoms with van der Waals surface area (Å²) in [6.45, 7) is 1.62. The summed E-state index contributed by atoms with van der Waals surface area (Å²) >= 11 is 0. The van der Waals surface area contributed by atoms with Gasteiger partial charge in [-0.3, -0.25) is 9.78 Å². The zero-order valence-corrected chi connectivity index (χ0v) is 9.28. The molecule has 1 unspecified atom stereocenters. The second-order valence-electron chi connectivity index (χ2n) is 4.13. The Balaban J connectivity index is 1.83. The fourth-order valence-electron chi connectivity index (χ4n) is 1.91. The third-order valence-corrected chi connectivity index (χ3v) is 2.83. The predicted octanol–water partition coefficient (Wildman–Crippen LogP) is 0.840. The predicted molar refractivity (Wildman–Crippen MR) is 61.7 cm³/mol. The molecule has 4 nitrogen and oxygen atoms in total. The highest BCUT2D eigenvalue weighted by Crippen LogP contribution is 2.07. The lowest BCUT2D eigenvalue weighted by atomic mass is 10.1. The van der Waals surface area contributed by atoms with Crippen LogP contribution in [-0.4, -0.2) is 23.5 Å². The first-order valence-electron chi connectivity index (χ1n) is 5.73. The van der Waals surface area contributed by atoms with Crippen LogP contribution in [-0.2, 0) is 11.3 Å². The molecular weight excluding hydrogens is 202 g/mol. The van der Waals surface area contributed by atoms with Crippen molar-refractivity contribution in [1.82, 2.24) is 15.6 Å². The van der Waals surface area contributed by atoms with Gasteiger partial charge < -0.3 is 10.6 Å². The summed E-state index contributed by atoms with van der Waals surface area (Å²) in [5.41, 5.74) is 1.21. The maximum absolute atomic E-state index is 11.3. The number of carbonyl (C=O) groups is 1. The van der Waals surface area contributed by atoms with Crippen molar-refractivity contribution < 1.29 is 4.79 Å². The molecule has 1 aliphatic heterocycles. The number of hydrogen-bond acceptors (Lipinski definition) is 3. The van der Waals surface area contributed by atoms with E-state index in [1.54, 1.807) is 12.4 Å². The van der Waals surface area contributed by atoms with Crippen LogP contribution < -0.4 is 10.6 Å². The number of nitrogens with one attached hydrogen (secondary N) is 2. The van der Waals surface area contributed by atoms with Gasteiger partial charge in [-0.05, 0) is 30.5 Å². The number of rotatable bonds is 3. The third-order valence-electron chi connectivity index (χ3n) is 2.83. The van der Waals surface area contributed by atoms with Crippen LogP contribution in [0.1, 0.15) is 24.8 Å². The number of carbonyl (C=O) groups excluding carboxylic acids is 1. The smallest absolute Gasteiger partial charge is 0.221 e. The minimum absolute atomic E-state index is 0.157. The van der Waals surface area contributed by atoms with Gasteiger partial charge in [0.1, 0.15) is 0 Å². The van der Waals surface area contributed by atoms with Gasteiger partial charge in [0.2, 0.25) is 5.91 Å². The Bertz CT molecular complexity index is 339. The molecule has 2 N–H and O–H groups in total. The van der Waals surface area contributed by atoms with Crippen LogP contribution in [0.25, 0.3) is 0 Å². The van der Waals surface area contributed by atoms with E-state index in [4.69, 9.17) is 0 Å². The lowest BCUT2D eigenvalue weighted by Gasteiger charge is -2.14. The van der Waals surface area contributed by atoms with E-state index in [-0.39, 0.29) is 5.91 Å². The molecule has 1 aromatic rings. The summed E-state index contributed by atoms with van der Waals surface area (Å²) in [6.07, 6.45) is 6.28. The molecule has 1 saturated heterocycles. The standard InChI is InChI=1S/C12H17N3O/c16-12-8-11(2-1-5-14-12)15-9-10-3-6-13-7-4-10/h3-4,6-7,11,15H,1-2,5,8-9H2,(H,14,16). The highest BCUT2D eigenvalue weighted by atomic mass is 16.1. The number of nitrogens with zero attached hydrogens (tertiary/aromatic N) is 1. The first-order chi connectivity index (χ1) is 7.84. The van der Waals surface area contributed by atoms with Crippen LogP contribution in [0.5, 0.6) is 0 Å². The molecule has 0 spiro atoms. The largest absolute Gasteiger partial charge is 0.356 e. The van der Waals surface area contributed by atoms with Gasteiger partial charge >= 0.3 is 0 Å². The molecular formula is C12H17N3O. The highest BCUT2D eigenvalue weighted by molar-refractivity contribution is 5.76. The Morgan fingerprint density at radius 2 is 2.25 bits per heavy atom. The second-order valence-corrected chi connectivity index (χ2v) is 4.13. The lowest BCUT2D eigenvalue weighted by molar-refractivity contribution is -0.121. The summed E-state index contributed by atoms with van der Waals surface area (Å²) < 4.78 is 0. The Morgan fingerprint density at radius 1 is 1.44 bits per heavy atom. The number of hydrogen-bond donors (Lipinski definition) is 2. The molecule has 4 heteroatoms. The zero-order valence-electron chi connectivity index (χ0n) is 9.28. The van der Waals surface area contributed by atoms with Crippen molar-refractivity contribution in [3.05, 3.63) is 30.1 Å². The van der Waals surface area contributed by atoms with Crippen molar-refractivity contribution >= 4 is 5.91 Å². The molecule has 1 aromatic heterocycles. The number of aromatic nitrogens is 1. The van der Waals surface area contributed by atoms with Gasteiger partial charge in [0.25, 0.3) is 0 Å². The zero-order chi connectivity index (χ0) is 11.2. The highest BCUT2D eigenvalue weighted by Gasteiger charge is 2.16. The summed E-state index contributed by atoms with van der Waals surface area (Å²) in [6, 6.07) is 4.28. The van der Waals surface area contributed by atoms with Gasteiger partial charge in [0.15, 0.2) is 0 Å². The average Bonchev–Trinajstić information content (AvgIpc) is 2.52. The van der Waals surface area contributed by atoms with E-state index in [0.717, 1.165) is 25.9 Å². The molecule has 86 valence electrons. The van der Waals surface area contributed by atoms with Gasteiger partial charge in [-0.25, -0.2) is 0 Å². The van der Waals surface area contributed by atoms with Gasteiger partial charge in [-0.2, -0.15) is 0 Å².